The van der Waals surface area contributed by atoms with Gasteiger partial charge in [0.15, 0.2) is 0 Å². The van der Waals surface area contributed by atoms with E-state index in [9.17, 15) is 13.2 Å². The lowest BCUT2D eigenvalue weighted by Gasteiger charge is -2.12. The molecule has 19 heavy (non-hydrogen) atoms. The van der Waals surface area contributed by atoms with Crippen LogP contribution in [0.3, 0.4) is 0 Å². The van der Waals surface area contributed by atoms with Crippen molar-refractivity contribution in [2.24, 2.45) is 0 Å². The second-order valence-electron chi connectivity index (χ2n) is 3.92. The number of nitrogen functional groups attached to an aromatic ring is 2. The first-order valence-corrected chi connectivity index (χ1v) is 5.36. The molecular formula is C13H11F3N2O. The van der Waals surface area contributed by atoms with E-state index >= 15 is 0 Å². The van der Waals surface area contributed by atoms with Gasteiger partial charge >= 0.3 is 6.18 Å². The van der Waals surface area contributed by atoms with Gasteiger partial charge in [0.05, 0.1) is 11.3 Å². The highest BCUT2D eigenvalue weighted by atomic mass is 19.4. The summed E-state index contributed by atoms with van der Waals surface area (Å²) in [4.78, 5) is 0. The van der Waals surface area contributed by atoms with Crippen LogP contribution in [-0.4, -0.2) is 0 Å². The van der Waals surface area contributed by atoms with Gasteiger partial charge in [-0.3, -0.25) is 0 Å². The molecule has 0 aliphatic heterocycles. The SMILES string of the molecule is Nc1cccc(Oc2ccc(C(F)(F)F)cc2N)c1. The lowest BCUT2D eigenvalue weighted by molar-refractivity contribution is -0.137. The summed E-state index contributed by atoms with van der Waals surface area (Å²) in [5.41, 5.74) is 10.7. The van der Waals surface area contributed by atoms with Crippen LogP contribution in [0.25, 0.3) is 0 Å². The fraction of sp³-hybridized carbons (Fsp3) is 0.0769. The summed E-state index contributed by atoms with van der Waals surface area (Å²) >= 11 is 0. The molecule has 0 aromatic heterocycles. The maximum atomic E-state index is 12.5. The largest absolute Gasteiger partial charge is 0.455 e. The number of alkyl halides is 3. The zero-order valence-electron chi connectivity index (χ0n) is 9.74. The second kappa shape index (κ2) is 4.72. The Bertz CT molecular complexity index is 597. The molecule has 0 saturated carbocycles. The Morgan fingerprint density at radius 2 is 1.68 bits per heavy atom. The number of benzene rings is 2. The predicted octanol–water partition coefficient (Wildman–Crippen LogP) is 3.66. The molecule has 0 heterocycles. The molecule has 0 aliphatic rings. The molecule has 0 fully saturated rings. The smallest absolute Gasteiger partial charge is 0.416 e. The minimum atomic E-state index is -4.43. The zero-order chi connectivity index (χ0) is 14.0. The molecule has 2 aromatic rings. The van der Waals surface area contributed by atoms with Gasteiger partial charge in [0, 0.05) is 11.8 Å². The highest BCUT2D eigenvalue weighted by molar-refractivity contribution is 5.57. The third-order valence-corrected chi connectivity index (χ3v) is 2.42. The molecule has 0 saturated heterocycles. The zero-order valence-corrected chi connectivity index (χ0v) is 9.74. The van der Waals surface area contributed by atoms with E-state index in [1.54, 1.807) is 24.3 Å². The molecule has 0 unspecified atom stereocenters. The molecule has 0 spiro atoms. The normalized spacial score (nSPS) is 11.3. The summed E-state index contributed by atoms with van der Waals surface area (Å²) in [6.07, 6.45) is -4.43. The van der Waals surface area contributed by atoms with E-state index in [1.165, 1.54) is 6.07 Å². The molecule has 0 bridgehead atoms. The summed E-state index contributed by atoms with van der Waals surface area (Å²) in [6.45, 7) is 0. The Morgan fingerprint density at radius 3 is 2.26 bits per heavy atom. The van der Waals surface area contributed by atoms with Gasteiger partial charge in [0.25, 0.3) is 0 Å². The first-order valence-electron chi connectivity index (χ1n) is 5.36. The van der Waals surface area contributed by atoms with Crippen molar-refractivity contribution in [3.8, 4) is 11.5 Å². The standard InChI is InChI=1S/C13H11F3N2O/c14-13(15,16)8-4-5-12(11(18)6-8)19-10-3-1-2-9(17)7-10/h1-7H,17-18H2. The summed E-state index contributed by atoms with van der Waals surface area (Å²) in [5, 5.41) is 0. The van der Waals surface area contributed by atoms with Crippen LogP contribution in [-0.2, 0) is 6.18 Å². The van der Waals surface area contributed by atoms with E-state index in [4.69, 9.17) is 16.2 Å². The fourth-order valence-electron chi connectivity index (χ4n) is 1.52. The number of anilines is 2. The van der Waals surface area contributed by atoms with Crippen LogP contribution < -0.4 is 16.2 Å². The van der Waals surface area contributed by atoms with Crippen LogP contribution in [0.1, 0.15) is 5.56 Å². The van der Waals surface area contributed by atoms with Gasteiger partial charge in [-0.25, -0.2) is 0 Å². The molecule has 0 aliphatic carbocycles. The minimum Gasteiger partial charge on any atom is -0.455 e. The van der Waals surface area contributed by atoms with Gasteiger partial charge in [-0.1, -0.05) is 6.07 Å². The van der Waals surface area contributed by atoms with Gasteiger partial charge in [0.1, 0.15) is 11.5 Å². The Kier molecular flexibility index (Phi) is 3.25. The maximum Gasteiger partial charge on any atom is 0.416 e. The van der Waals surface area contributed by atoms with Crippen molar-refractivity contribution in [1.82, 2.24) is 0 Å². The van der Waals surface area contributed by atoms with Crippen LogP contribution in [0.15, 0.2) is 42.5 Å². The molecule has 0 radical (unpaired) electrons. The number of hydrogen-bond donors (Lipinski definition) is 2. The summed E-state index contributed by atoms with van der Waals surface area (Å²) < 4.78 is 42.8. The molecule has 3 nitrogen and oxygen atoms in total. The first-order chi connectivity index (χ1) is 8.86. The van der Waals surface area contributed by atoms with Crippen LogP contribution >= 0.6 is 0 Å². The van der Waals surface area contributed by atoms with E-state index in [-0.39, 0.29) is 11.4 Å². The summed E-state index contributed by atoms with van der Waals surface area (Å²) in [6, 6.07) is 9.46. The third kappa shape index (κ3) is 3.09. The van der Waals surface area contributed by atoms with Crippen molar-refractivity contribution in [2.75, 3.05) is 11.5 Å². The molecule has 6 heteroatoms. The molecule has 4 N–H and O–H groups in total. The monoisotopic (exact) mass is 268 g/mol. The Labute approximate surface area is 107 Å². The van der Waals surface area contributed by atoms with Crippen LogP contribution in [0.4, 0.5) is 24.5 Å². The second-order valence-corrected chi connectivity index (χ2v) is 3.92. The topological polar surface area (TPSA) is 61.3 Å². The predicted molar refractivity (Wildman–Crippen MR) is 66.8 cm³/mol. The van der Waals surface area contributed by atoms with Gasteiger partial charge in [-0.2, -0.15) is 13.2 Å². The van der Waals surface area contributed by atoms with Crippen molar-refractivity contribution in [1.29, 1.82) is 0 Å². The Morgan fingerprint density at radius 1 is 0.947 bits per heavy atom. The third-order valence-electron chi connectivity index (χ3n) is 2.42. The van der Waals surface area contributed by atoms with Gasteiger partial charge < -0.3 is 16.2 Å². The number of hydrogen-bond acceptors (Lipinski definition) is 3. The Hall–Kier alpha value is -2.37. The molecule has 2 rings (SSSR count). The van der Waals surface area contributed by atoms with Gasteiger partial charge in [0.2, 0.25) is 0 Å². The average molecular weight is 268 g/mol. The number of ether oxygens (including phenoxy) is 1. The maximum absolute atomic E-state index is 12.5. The first kappa shape index (κ1) is 13.1. The lowest BCUT2D eigenvalue weighted by atomic mass is 10.2. The Balaban J connectivity index is 2.27. The van der Waals surface area contributed by atoms with Crippen LogP contribution in [0.2, 0.25) is 0 Å². The van der Waals surface area contributed by atoms with Gasteiger partial charge in [-0.05, 0) is 30.3 Å². The van der Waals surface area contributed by atoms with Crippen molar-refractivity contribution >= 4 is 11.4 Å². The number of nitrogens with two attached hydrogens (primary N) is 2. The van der Waals surface area contributed by atoms with Gasteiger partial charge in [-0.15, -0.1) is 0 Å². The fourth-order valence-corrected chi connectivity index (χ4v) is 1.52. The molecule has 0 amide bonds. The van der Waals surface area contributed by atoms with E-state index in [1.807, 2.05) is 0 Å². The molecule has 2 aromatic carbocycles. The van der Waals surface area contributed by atoms with E-state index in [2.05, 4.69) is 0 Å². The highest BCUT2D eigenvalue weighted by Gasteiger charge is 2.30. The quantitative estimate of drug-likeness (QED) is 0.817. The van der Waals surface area contributed by atoms with Crippen LogP contribution in [0, 0.1) is 0 Å². The van der Waals surface area contributed by atoms with Crippen molar-refractivity contribution in [2.45, 2.75) is 6.18 Å². The van der Waals surface area contributed by atoms with Crippen molar-refractivity contribution in [3.63, 3.8) is 0 Å². The van der Waals surface area contributed by atoms with E-state index in [0.29, 0.717) is 11.4 Å². The van der Waals surface area contributed by atoms with E-state index in [0.717, 1.165) is 12.1 Å². The molecule has 0 atom stereocenters. The summed E-state index contributed by atoms with van der Waals surface area (Å²) in [5.74, 6) is 0.560. The lowest BCUT2D eigenvalue weighted by Crippen LogP contribution is -2.06. The minimum absolute atomic E-state index is 0.0859. The molecular weight excluding hydrogens is 257 g/mol. The number of rotatable bonds is 2. The highest BCUT2D eigenvalue weighted by Crippen LogP contribution is 2.35. The van der Waals surface area contributed by atoms with Crippen LogP contribution in [0.5, 0.6) is 11.5 Å². The van der Waals surface area contributed by atoms with Crippen molar-refractivity contribution in [3.05, 3.63) is 48.0 Å². The van der Waals surface area contributed by atoms with Crippen molar-refractivity contribution < 1.29 is 17.9 Å². The average Bonchev–Trinajstić information content (AvgIpc) is 2.30. The summed E-state index contributed by atoms with van der Waals surface area (Å²) in [7, 11) is 0. The number of halogens is 3. The molecule has 100 valence electrons. The van der Waals surface area contributed by atoms with E-state index < -0.39 is 11.7 Å².